The van der Waals surface area contributed by atoms with E-state index in [1.807, 2.05) is 0 Å². The fraction of sp³-hybridized carbons (Fsp3) is 0.385. The zero-order valence-electron chi connectivity index (χ0n) is 21.1. The average molecular weight is 550 g/mol. The maximum absolute atomic E-state index is 15.0. The van der Waals surface area contributed by atoms with Crippen LogP contribution in [0.4, 0.5) is 28.9 Å². The molecule has 2 aromatic rings. The number of aryl methyl sites for hydroxylation is 1. The van der Waals surface area contributed by atoms with E-state index in [0.717, 1.165) is 11.0 Å². The van der Waals surface area contributed by atoms with Crippen molar-refractivity contribution in [3.05, 3.63) is 58.9 Å². The summed E-state index contributed by atoms with van der Waals surface area (Å²) < 4.78 is 55.5. The van der Waals surface area contributed by atoms with E-state index in [0.29, 0.717) is 37.6 Å². The highest BCUT2D eigenvalue weighted by Gasteiger charge is 2.50. The summed E-state index contributed by atoms with van der Waals surface area (Å²) in [6.07, 6.45) is -3.83. The van der Waals surface area contributed by atoms with Crippen molar-refractivity contribution in [1.82, 2.24) is 10.6 Å². The van der Waals surface area contributed by atoms with Crippen molar-refractivity contribution in [1.29, 1.82) is 5.26 Å². The Labute approximate surface area is 223 Å². The summed E-state index contributed by atoms with van der Waals surface area (Å²) in [6.45, 7) is 4.22. The highest BCUT2D eigenvalue weighted by molar-refractivity contribution is 7.81. The first kappa shape index (κ1) is 29.0. The van der Waals surface area contributed by atoms with Crippen molar-refractivity contribution in [3.63, 3.8) is 0 Å². The molecule has 2 aromatic carbocycles. The topological polar surface area (TPSA) is 88.5 Å². The van der Waals surface area contributed by atoms with E-state index >= 15 is 4.39 Å². The van der Waals surface area contributed by atoms with Crippen molar-refractivity contribution in [2.24, 2.45) is 0 Å². The summed E-state index contributed by atoms with van der Waals surface area (Å²) >= 11 is 5.48. The van der Waals surface area contributed by atoms with Crippen LogP contribution in [0.2, 0.25) is 0 Å². The molecule has 0 aliphatic carbocycles. The Morgan fingerprint density at radius 3 is 2.42 bits per heavy atom. The van der Waals surface area contributed by atoms with Crippen LogP contribution in [0.25, 0.3) is 0 Å². The zero-order chi connectivity index (χ0) is 28.3. The Hall–Kier alpha value is -3.56. The zero-order valence-corrected chi connectivity index (χ0v) is 21.9. The predicted octanol–water partition coefficient (Wildman–Crippen LogP) is 4.29. The third-order valence-corrected chi connectivity index (χ3v) is 6.56. The smallest absolute Gasteiger partial charge is 0.355 e. The molecule has 0 aromatic heterocycles. The molecule has 0 unspecified atom stereocenters. The van der Waals surface area contributed by atoms with E-state index in [-0.39, 0.29) is 28.8 Å². The van der Waals surface area contributed by atoms with Gasteiger partial charge in [0.25, 0.3) is 5.91 Å². The molecular weight excluding hydrogens is 522 g/mol. The lowest BCUT2D eigenvalue weighted by molar-refractivity contribution is -0.137. The van der Waals surface area contributed by atoms with Crippen molar-refractivity contribution in [2.45, 2.75) is 44.8 Å². The Morgan fingerprint density at radius 2 is 1.82 bits per heavy atom. The lowest BCUT2D eigenvalue weighted by atomic mass is 10.0. The number of nitriles is 1. The molecule has 1 aliphatic rings. The minimum absolute atomic E-state index is 0.122. The number of nitrogens with one attached hydrogen (secondary N) is 2. The van der Waals surface area contributed by atoms with E-state index in [4.69, 9.17) is 17.5 Å². The van der Waals surface area contributed by atoms with Gasteiger partial charge in [-0.1, -0.05) is 6.07 Å². The maximum Gasteiger partial charge on any atom is 0.417 e. The van der Waals surface area contributed by atoms with Gasteiger partial charge < -0.3 is 15.5 Å². The lowest BCUT2D eigenvalue weighted by Gasteiger charge is -2.29. The van der Waals surface area contributed by atoms with Gasteiger partial charge in [0, 0.05) is 25.2 Å². The number of amides is 2. The average Bonchev–Trinajstić information content (AvgIpc) is 3.02. The molecule has 1 heterocycles. The van der Waals surface area contributed by atoms with Crippen molar-refractivity contribution in [2.75, 3.05) is 29.9 Å². The Morgan fingerprint density at radius 1 is 1.13 bits per heavy atom. The molecule has 1 aliphatic heterocycles. The maximum atomic E-state index is 15.0. The van der Waals surface area contributed by atoms with Gasteiger partial charge in [-0.3, -0.25) is 14.5 Å². The van der Waals surface area contributed by atoms with Crippen LogP contribution in [-0.2, 0) is 22.2 Å². The molecule has 2 N–H and O–H groups in total. The number of alkyl halides is 3. The number of hydrogen-bond acceptors (Lipinski definition) is 5. The van der Waals surface area contributed by atoms with E-state index in [9.17, 15) is 22.8 Å². The van der Waals surface area contributed by atoms with Gasteiger partial charge in [-0.05, 0) is 81.8 Å². The molecule has 0 bridgehead atoms. The lowest BCUT2D eigenvalue weighted by Crippen LogP contribution is -2.44. The van der Waals surface area contributed by atoms with Crippen LogP contribution in [0.5, 0.6) is 0 Å². The predicted molar refractivity (Wildman–Crippen MR) is 139 cm³/mol. The molecule has 1 fully saturated rings. The number of nitrogens with zero attached hydrogens (tertiary/aromatic N) is 3. The summed E-state index contributed by atoms with van der Waals surface area (Å²) in [5, 5.41) is 14.6. The minimum atomic E-state index is -4.81. The third-order valence-electron chi connectivity index (χ3n) is 6.20. The van der Waals surface area contributed by atoms with Crippen LogP contribution in [0, 0.1) is 17.1 Å². The second-order valence-corrected chi connectivity index (χ2v) is 9.60. The largest absolute Gasteiger partial charge is 0.417 e. The van der Waals surface area contributed by atoms with Gasteiger partial charge in [0.2, 0.25) is 5.91 Å². The normalized spacial score (nSPS) is 15.1. The Kier molecular flexibility index (Phi) is 8.74. The monoisotopic (exact) mass is 549 g/mol. The number of carbonyl (C=O) groups is 2. The van der Waals surface area contributed by atoms with Gasteiger partial charge in [0.15, 0.2) is 5.11 Å². The molecule has 38 heavy (non-hydrogen) atoms. The van der Waals surface area contributed by atoms with Gasteiger partial charge >= 0.3 is 6.18 Å². The van der Waals surface area contributed by atoms with Crippen LogP contribution in [0.3, 0.4) is 0 Å². The van der Waals surface area contributed by atoms with E-state index < -0.39 is 34.6 Å². The number of carbonyl (C=O) groups excluding carboxylic acids is 2. The van der Waals surface area contributed by atoms with Gasteiger partial charge in [-0.25, -0.2) is 4.39 Å². The molecule has 0 radical (unpaired) electrons. The van der Waals surface area contributed by atoms with Crippen LogP contribution in [0.1, 0.15) is 43.4 Å². The summed E-state index contributed by atoms with van der Waals surface area (Å²) in [5.74, 6) is -1.29. The van der Waals surface area contributed by atoms with Crippen LogP contribution >= 0.6 is 12.2 Å². The number of benzene rings is 2. The molecule has 2 amide bonds. The third kappa shape index (κ3) is 5.95. The highest BCUT2D eigenvalue weighted by Crippen LogP contribution is 2.40. The first-order valence-electron chi connectivity index (χ1n) is 11.8. The summed E-state index contributed by atoms with van der Waals surface area (Å²) in [4.78, 5) is 27.5. The second kappa shape index (κ2) is 11.4. The summed E-state index contributed by atoms with van der Waals surface area (Å²) in [5.41, 5.74) is -2.61. The Balaban J connectivity index is 1.83. The van der Waals surface area contributed by atoms with Crippen LogP contribution < -0.4 is 20.4 Å². The number of anilines is 2. The number of halogens is 4. The molecular formula is C26H27F4N5O2S. The highest BCUT2D eigenvalue weighted by atomic mass is 32.1. The molecule has 1 saturated heterocycles. The molecule has 0 spiro atoms. The quantitative estimate of drug-likeness (QED) is 0.276. The summed E-state index contributed by atoms with van der Waals surface area (Å²) in [7, 11) is 1.78. The number of likely N-dealkylation sites (N-methyl/N-ethyl adjacent to an activating group) is 1. The molecule has 0 saturated carbocycles. The van der Waals surface area contributed by atoms with E-state index in [2.05, 4.69) is 10.6 Å². The fourth-order valence-corrected chi connectivity index (χ4v) is 4.71. The van der Waals surface area contributed by atoms with Gasteiger partial charge in [0.05, 0.1) is 22.9 Å². The van der Waals surface area contributed by atoms with Crippen molar-refractivity contribution in [3.8, 4) is 6.07 Å². The van der Waals surface area contributed by atoms with Crippen LogP contribution in [0.15, 0.2) is 36.4 Å². The standard InChI is InChI=1S/C26H27F4N5O2S/c1-25(2)23(37)34(18-9-8-17(15-31)20(13-18)26(28,29)30)24(38)35(25)19-10-7-16(21(27)14-19)5-4-6-22(36)33-12-11-32-3/h7-10,13-14,32H,4-6,11-12H2,1-3H3,(H,33,36). The molecule has 3 rings (SSSR count). The van der Waals surface area contributed by atoms with Crippen molar-refractivity contribution >= 4 is 40.5 Å². The Bertz CT molecular complexity index is 1290. The number of hydrogen-bond donors (Lipinski definition) is 2. The SMILES string of the molecule is CNCCNC(=O)CCCc1ccc(N2C(=S)N(c3ccc(C#N)c(C(F)(F)F)c3)C(=O)C2(C)C)cc1F. The van der Waals surface area contributed by atoms with Gasteiger partial charge in [-0.15, -0.1) is 0 Å². The molecule has 0 atom stereocenters. The summed E-state index contributed by atoms with van der Waals surface area (Å²) in [6, 6.07) is 8.75. The number of rotatable bonds is 9. The van der Waals surface area contributed by atoms with Gasteiger partial charge in [0.1, 0.15) is 11.4 Å². The van der Waals surface area contributed by atoms with Gasteiger partial charge in [-0.2, -0.15) is 18.4 Å². The van der Waals surface area contributed by atoms with E-state index in [1.165, 1.54) is 36.9 Å². The molecule has 12 heteroatoms. The molecule has 7 nitrogen and oxygen atoms in total. The first-order valence-corrected chi connectivity index (χ1v) is 12.2. The first-order chi connectivity index (χ1) is 17.8. The number of thiocarbonyl (C=S) groups is 1. The molecule has 202 valence electrons. The van der Waals surface area contributed by atoms with E-state index in [1.54, 1.807) is 19.2 Å². The second-order valence-electron chi connectivity index (χ2n) is 9.24. The minimum Gasteiger partial charge on any atom is -0.355 e. The fourth-order valence-electron chi connectivity index (χ4n) is 4.19. The van der Waals surface area contributed by atoms with Crippen LogP contribution in [-0.4, -0.2) is 42.6 Å². The van der Waals surface area contributed by atoms with Crippen molar-refractivity contribution < 1.29 is 27.2 Å².